The molecule has 3 fully saturated rings. The Morgan fingerprint density at radius 3 is 2.42 bits per heavy atom. The van der Waals surface area contributed by atoms with E-state index in [0.29, 0.717) is 0 Å². The Labute approximate surface area is 119 Å². The molecule has 2 nitrogen and oxygen atoms in total. The summed E-state index contributed by atoms with van der Waals surface area (Å²) in [4.78, 5) is 2.94. The van der Waals surface area contributed by atoms with E-state index in [1.807, 2.05) is 0 Å². The van der Waals surface area contributed by atoms with Crippen molar-refractivity contribution in [3.8, 4) is 0 Å². The van der Waals surface area contributed by atoms with Crippen LogP contribution in [0.1, 0.15) is 65.2 Å². The topological polar surface area (TPSA) is 15.3 Å². The van der Waals surface area contributed by atoms with E-state index in [0.717, 1.165) is 30.0 Å². The highest BCUT2D eigenvalue weighted by Crippen LogP contribution is 2.38. The van der Waals surface area contributed by atoms with Crippen molar-refractivity contribution in [2.75, 3.05) is 13.1 Å². The number of nitrogens with zero attached hydrogens (tertiary/aromatic N) is 1. The Bertz CT molecular complexity index is 283. The molecule has 0 radical (unpaired) electrons. The van der Waals surface area contributed by atoms with Crippen molar-refractivity contribution in [3.05, 3.63) is 0 Å². The number of hydrogen-bond acceptors (Lipinski definition) is 2. The number of likely N-dealkylation sites (tertiary alicyclic amines) is 1. The monoisotopic (exact) mass is 264 g/mol. The zero-order valence-electron chi connectivity index (χ0n) is 12.9. The van der Waals surface area contributed by atoms with Gasteiger partial charge in [0.2, 0.25) is 0 Å². The van der Waals surface area contributed by atoms with Gasteiger partial charge in [0, 0.05) is 18.1 Å². The van der Waals surface area contributed by atoms with Crippen LogP contribution in [-0.4, -0.2) is 36.1 Å². The van der Waals surface area contributed by atoms with Gasteiger partial charge in [0.05, 0.1) is 0 Å². The standard InChI is InChI=1S/C17H32N2/c1-13(2)14-7-3-4-9-16(14)19-12-6-10-17(19)15-8-5-11-18-15/h13-18H,3-12H2,1-2H3. The molecule has 0 spiro atoms. The van der Waals surface area contributed by atoms with E-state index in [9.17, 15) is 0 Å². The van der Waals surface area contributed by atoms with Crippen LogP contribution in [0.25, 0.3) is 0 Å². The van der Waals surface area contributed by atoms with Crippen LogP contribution in [0.4, 0.5) is 0 Å². The minimum Gasteiger partial charge on any atom is -0.312 e. The summed E-state index contributed by atoms with van der Waals surface area (Å²) >= 11 is 0. The van der Waals surface area contributed by atoms with Crippen LogP contribution in [0.2, 0.25) is 0 Å². The van der Waals surface area contributed by atoms with Gasteiger partial charge in [-0.1, -0.05) is 26.7 Å². The maximum Gasteiger partial charge on any atom is 0.0252 e. The summed E-state index contributed by atoms with van der Waals surface area (Å²) < 4.78 is 0. The number of rotatable bonds is 3. The molecule has 0 aromatic rings. The minimum atomic E-state index is 0.803. The van der Waals surface area contributed by atoms with Crippen LogP contribution in [0, 0.1) is 11.8 Å². The van der Waals surface area contributed by atoms with Gasteiger partial charge in [-0.25, -0.2) is 0 Å². The van der Waals surface area contributed by atoms with Crippen molar-refractivity contribution in [2.45, 2.75) is 83.3 Å². The van der Waals surface area contributed by atoms with E-state index in [1.54, 1.807) is 0 Å². The van der Waals surface area contributed by atoms with Gasteiger partial charge < -0.3 is 5.32 Å². The molecule has 2 aliphatic heterocycles. The summed E-state index contributed by atoms with van der Waals surface area (Å²) in [6.07, 6.45) is 11.6. The lowest BCUT2D eigenvalue weighted by Crippen LogP contribution is -2.52. The first-order chi connectivity index (χ1) is 9.27. The average molecular weight is 264 g/mol. The van der Waals surface area contributed by atoms with Gasteiger partial charge in [-0.3, -0.25) is 4.90 Å². The molecule has 110 valence electrons. The number of hydrogen-bond donors (Lipinski definition) is 1. The van der Waals surface area contributed by atoms with Crippen molar-refractivity contribution in [2.24, 2.45) is 11.8 Å². The molecule has 3 aliphatic rings. The first kappa shape index (κ1) is 13.9. The number of nitrogens with one attached hydrogen (secondary N) is 1. The van der Waals surface area contributed by atoms with Crippen molar-refractivity contribution < 1.29 is 0 Å². The lowest BCUT2D eigenvalue weighted by atomic mass is 9.76. The Balaban J connectivity index is 1.71. The fourth-order valence-corrected chi connectivity index (χ4v) is 5.03. The van der Waals surface area contributed by atoms with E-state index in [1.165, 1.54) is 64.5 Å². The van der Waals surface area contributed by atoms with Crippen LogP contribution >= 0.6 is 0 Å². The highest BCUT2D eigenvalue weighted by atomic mass is 15.2. The second kappa shape index (κ2) is 6.13. The molecule has 2 saturated heterocycles. The summed E-state index contributed by atoms with van der Waals surface area (Å²) in [5.41, 5.74) is 0. The minimum absolute atomic E-state index is 0.803. The van der Waals surface area contributed by atoms with Crippen molar-refractivity contribution in [1.29, 1.82) is 0 Å². The van der Waals surface area contributed by atoms with Crippen LogP contribution in [0.3, 0.4) is 0 Å². The summed E-state index contributed by atoms with van der Waals surface area (Å²) in [5.74, 6) is 1.82. The summed E-state index contributed by atoms with van der Waals surface area (Å²) in [6, 6.07) is 2.55. The Morgan fingerprint density at radius 1 is 0.895 bits per heavy atom. The predicted octanol–water partition coefficient (Wildman–Crippen LogP) is 3.42. The van der Waals surface area contributed by atoms with Crippen LogP contribution in [0.5, 0.6) is 0 Å². The van der Waals surface area contributed by atoms with E-state index >= 15 is 0 Å². The molecule has 3 rings (SSSR count). The van der Waals surface area contributed by atoms with E-state index in [-0.39, 0.29) is 0 Å². The van der Waals surface area contributed by atoms with Gasteiger partial charge in [0.15, 0.2) is 0 Å². The van der Waals surface area contributed by atoms with E-state index < -0.39 is 0 Å². The molecule has 4 atom stereocenters. The highest BCUT2D eigenvalue weighted by molar-refractivity contribution is 4.97. The fraction of sp³-hybridized carbons (Fsp3) is 1.00. The molecule has 1 aliphatic carbocycles. The molecular weight excluding hydrogens is 232 g/mol. The van der Waals surface area contributed by atoms with E-state index in [4.69, 9.17) is 0 Å². The zero-order valence-corrected chi connectivity index (χ0v) is 12.9. The van der Waals surface area contributed by atoms with Gasteiger partial charge in [-0.15, -0.1) is 0 Å². The van der Waals surface area contributed by atoms with Crippen LogP contribution in [-0.2, 0) is 0 Å². The molecule has 1 N–H and O–H groups in total. The second-order valence-electron chi connectivity index (χ2n) is 7.41. The fourth-order valence-electron chi connectivity index (χ4n) is 5.03. The average Bonchev–Trinajstić information content (AvgIpc) is 3.09. The molecule has 2 heteroatoms. The highest BCUT2D eigenvalue weighted by Gasteiger charge is 2.40. The Hall–Kier alpha value is -0.0800. The lowest BCUT2D eigenvalue weighted by molar-refractivity contribution is 0.0578. The third kappa shape index (κ3) is 2.85. The zero-order chi connectivity index (χ0) is 13.2. The van der Waals surface area contributed by atoms with Gasteiger partial charge >= 0.3 is 0 Å². The third-order valence-corrected chi connectivity index (χ3v) is 5.97. The Kier molecular flexibility index (Phi) is 4.48. The maximum atomic E-state index is 3.77. The van der Waals surface area contributed by atoms with E-state index in [2.05, 4.69) is 24.1 Å². The molecule has 0 aromatic carbocycles. The molecular formula is C17H32N2. The van der Waals surface area contributed by atoms with Crippen molar-refractivity contribution in [3.63, 3.8) is 0 Å². The molecule has 4 unspecified atom stereocenters. The molecule has 0 amide bonds. The van der Waals surface area contributed by atoms with Gasteiger partial charge in [-0.05, 0) is 63.5 Å². The van der Waals surface area contributed by atoms with Crippen molar-refractivity contribution >= 4 is 0 Å². The summed E-state index contributed by atoms with van der Waals surface area (Å²) in [6.45, 7) is 7.52. The normalized spacial score (nSPS) is 41.2. The van der Waals surface area contributed by atoms with Gasteiger partial charge in [0.25, 0.3) is 0 Å². The largest absolute Gasteiger partial charge is 0.312 e. The Morgan fingerprint density at radius 2 is 1.68 bits per heavy atom. The van der Waals surface area contributed by atoms with Crippen LogP contribution < -0.4 is 5.32 Å². The summed E-state index contributed by atoms with van der Waals surface area (Å²) in [5, 5.41) is 3.77. The maximum absolute atomic E-state index is 3.77. The van der Waals surface area contributed by atoms with Crippen LogP contribution in [0.15, 0.2) is 0 Å². The summed E-state index contributed by atoms with van der Waals surface area (Å²) in [7, 11) is 0. The van der Waals surface area contributed by atoms with Gasteiger partial charge in [0.1, 0.15) is 0 Å². The third-order valence-electron chi connectivity index (χ3n) is 5.97. The smallest absolute Gasteiger partial charge is 0.0252 e. The lowest BCUT2D eigenvalue weighted by Gasteiger charge is -2.44. The molecule has 19 heavy (non-hydrogen) atoms. The van der Waals surface area contributed by atoms with Crippen molar-refractivity contribution in [1.82, 2.24) is 10.2 Å². The second-order valence-corrected chi connectivity index (χ2v) is 7.41. The van der Waals surface area contributed by atoms with Gasteiger partial charge in [-0.2, -0.15) is 0 Å². The molecule has 2 heterocycles. The first-order valence-corrected chi connectivity index (χ1v) is 8.76. The first-order valence-electron chi connectivity index (χ1n) is 8.76. The predicted molar refractivity (Wildman–Crippen MR) is 81.3 cm³/mol. The SMILES string of the molecule is CC(C)C1CCCCC1N1CCCC1C1CCCN1. The molecule has 1 saturated carbocycles. The quantitative estimate of drug-likeness (QED) is 0.840. The molecule has 0 bridgehead atoms. The molecule has 0 aromatic heterocycles.